The summed E-state index contributed by atoms with van der Waals surface area (Å²) >= 11 is 1.68. The Hall–Kier alpha value is -1.24. The Morgan fingerprint density at radius 1 is 1.50 bits per heavy atom. The Morgan fingerprint density at radius 3 is 3.11 bits per heavy atom. The summed E-state index contributed by atoms with van der Waals surface area (Å²) in [7, 11) is 1.70. The molecule has 6 heteroatoms. The molecule has 0 amide bonds. The van der Waals surface area contributed by atoms with E-state index in [0.717, 1.165) is 36.2 Å². The number of aryl methyl sites for hydroxylation is 1. The molecular weight excluding hydrogens is 248 g/mol. The van der Waals surface area contributed by atoms with E-state index in [1.165, 1.54) is 0 Å². The zero-order valence-electron chi connectivity index (χ0n) is 10.7. The molecule has 0 aromatic carbocycles. The third-order valence-corrected chi connectivity index (χ3v) is 3.39. The lowest BCUT2D eigenvalue weighted by Crippen LogP contribution is -2.21. The van der Waals surface area contributed by atoms with E-state index in [1.54, 1.807) is 18.4 Å². The molecule has 0 fully saturated rings. The molecule has 0 aliphatic rings. The number of imidazole rings is 1. The molecule has 0 saturated heterocycles. The van der Waals surface area contributed by atoms with Crippen molar-refractivity contribution >= 4 is 11.3 Å². The first kappa shape index (κ1) is 13.2. The van der Waals surface area contributed by atoms with Crippen LogP contribution in [0.4, 0.5) is 0 Å². The Bertz CT molecular complexity index is 480. The van der Waals surface area contributed by atoms with Crippen LogP contribution in [0.25, 0.3) is 0 Å². The number of nitrogens with one attached hydrogen (secondary N) is 1. The van der Waals surface area contributed by atoms with Gasteiger partial charge in [-0.05, 0) is 6.92 Å². The molecule has 18 heavy (non-hydrogen) atoms. The van der Waals surface area contributed by atoms with Crippen LogP contribution in [-0.4, -0.2) is 34.8 Å². The molecule has 98 valence electrons. The second kappa shape index (κ2) is 6.63. The van der Waals surface area contributed by atoms with Crippen LogP contribution >= 0.6 is 11.3 Å². The topological polar surface area (TPSA) is 52.0 Å². The van der Waals surface area contributed by atoms with Crippen LogP contribution in [0.3, 0.4) is 0 Å². The van der Waals surface area contributed by atoms with Gasteiger partial charge in [0.05, 0.1) is 30.4 Å². The summed E-state index contributed by atoms with van der Waals surface area (Å²) in [6.45, 7) is 5.10. The van der Waals surface area contributed by atoms with E-state index in [2.05, 4.69) is 25.2 Å². The summed E-state index contributed by atoms with van der Waals surface area (Å²) in [5.41, 5.74) is 1.09. The van der Waals surface area contributed by atoms with Gasteiger partial charge in [0.15, 0.2) is 0 Å². The summed E-state index contributed by atoms with van der Waals surface area (Å²) < 4.78 is 7.11. The van der Waals surface area contributed by atoms with Gasteiger partial charge in [0.1, 0.15) is 5.82 Å². The minimum Gasteiger partial charge on any atom is -0.383 e. The average Bonchev–Trinajstić information content (AvgIpc) is 2.95. The Balaban J connectivity index is 1.91. The van der Waals surface area contributed by atoms with Gasteiger partial charge in [0, 0.05) is 31.4 Å². The fourth-order valence-corrected chi connectivity index (χ4v) is 2.28. The number of hydrogen-bond donors (Lipinski definition) is 1. The van der Waals surface area contributed by atoms with Crippen molar-refractivity contribution in [1.29, 1.82) is 0 Å². The summed E-state index contributed by atoms with van der Waals surface area (Å²) in [6.07, 6.45) is 3.81. The highest BCUT2D eigenvalue weighted by molar-refractivity contribution is 7.09. The molecule has 0 radical (unpaired) electrons. The van der Waals surface area contributed by atoms with Crippen LogP contribution in [0.1, 0.15) is 16.5 Å². The maximum atomic E-state index is 4.99. The molecule has 2 aromatic heterocycles. The number of methoxy groups -OCH3 is 1. The number of aromatic nitrogens is 3. The van der Waals surface area contributed by atoms with Crippen molar-refractivity contribution in [2.24, 2.45) is 0 Å². The van der Waals surface area contributed by atoms with Gasteiger partial charge in [-0.2, -0.15) is 0 Å². The van der Waals surface area contributed by atoms with Crippen LogP contribution in [0.5, 0.6) is 0 Å². The monoisotopic (exact) mass is 266 g/mol. The molecule has 0 unspecified atom stereocenters. The quantitative estimate of drug-likeness (QED) is 0.770. The van der Waals surface area contributed by atoms with E-state index in [4.69, 9.17) is 4.74 Å². The summed E-state index contributed by atoms with van der Waals surface area (Å²) in [5, 5.41) is 6.49. The maximum absolute atomic E-state index is 4.99. The van der Waals surface area contributed by atoms with E-state index in [1.807, 2.05) is 19.3 Å². The number of rotatable bonds is 7. The van der Waals surface area contributed by atoms with E-state index in [9.17, 15) is 0 Å². The van der Waals surface area contributed by atoms with Crippen LogP contribution in [0, 0.1) is 6.92 Å². The SMILES string of the molecule is COCCNCc1nccn1Cc1csc(C)n1. The smallest absolute Gasteiger partial charge is 0.123 e. The largest absolute Gasteiger partial charge is 0.383 e. The van der Waals surface area contributed by atoms with Crippen molar-refractivity contribution < 1.29 is 4.74 Å². The normalized spacial score (nSPS) is 11.0. The highest BCUT2D eigenvalue weighted by Gasteiger charge is 2.05. The number of ether oxygens (including phenoxy) is 1. The van der Waals surface area contributed by atoms with Gasteiger partial charge in [-0.25, -0.2) is 9.97 Å². The van der Waals surface area contributed by atoms with Crippen molar-refractivity contribution in [2.45, 2.75) is 20.0 Å². The Labute approximate surface area is 111 Å². The molecule has 2 rings (SSSR count). The van der Waals surface area contributed by atoms with Gasteiger partial charge in [0.2, 0.25) is 0 Å². The van der Waals surface area contributed by atoms with Crippen LogP contribution in [-0.2, 0) is 17.8 Å². The fraction of sp³-hybridized carbons (Fsp3) is 0.500. The lowest BCUT2D eigenvalue weighted by atomic mass is 10.4. The molecule has 2 aromatic rings. The molecule has 0 aliphatic heterocycles. The Kier molecular flexibility index (Phi) is 4.86. The molecule has 0 bridgehead atoms. The first-order valence-electron chi connectivity index (χ1n) is 5.90. The molecule has 1 N–H and O–H groups in total. The highest BCUT2D eigenvalue weighted by atomic mass is 32.1. The highest BCUT2D eigenvalue weighted by Crippen LogP contribution is 2.10. The van der Waals surface area contributed by atoms with E-state index in [-0.39, 0.29) is 0 Å². The molecular formula is C12H18N4OS. The third-order valence-electron chi connectivity index (χ3n) is 2.57. The van der Waals surface area contributed by atoms with Crippen molar-refractivity contribution in [3.05, 3.63) is 34.3 Å². The van der Waals surface area contributed by atoms with Crippen LogP contribution in [0.2, 0.25) is 0 Å². The van der Waals surface area contributed by atoms with Gasteiger partial charge in [-0.3, -0.25) is 0 Å². The predicted octanol–water partition coefficient (Wildman–Crippen LogP) is 1.43. The summed E-state index contributed by atoms with van der Waals surface area (Å²) in [6, 6.07) is 0. The fourth-order valence-electron chi connectivity index (χ4n) is 1.68. The number of thiazole rings is 1. The minimum absolute atomic E-state index is 0.714. The van der Waals surface area contributed by atoms with Crippen LogP contribution in [0.15, 0.2) is 17.8 Å². The molecule has 0 spiro atoms. The van der Waals surface area contributed by atoms with Crippen molar-refractivity contribution in [3.8, 4) is 0 Å². The third kappa shape index (κ3) is 3.63. The van der Waals surface area contributed by atoms with E-state index < -0.39 is 0 Å². The average molecular weight is 266 g/mol. The zero-order valence-corrected chi connectivity index (χ0v) is 11.5. The zero-order chi connectivity index (χ0) is 12.8. The molecule has 0 aliphatic carbocycles. The second-order valence-electron chi connectivity index (χ2n) is 4.00. The van der Waals surface area contributed by atoms with Gasteiger partial charge in [0.25, 0.3) is 0 Å². The summed E-state index contributed by atoms with van der Waals surface area (Å²) in [5.74, 6) is 1.02. The lowest BCUT2D eigenvalue weighted by molar-refractivity contribution is 0.199. The van der Waals surface area contributed by atoms with Gasteiger partial charge in [-0.15, -0.1) is 11.3 Å². The molecule has 0 atom stereocenters. The number of hydrogen-bond acceptors (Lipinski definition) is 5. The first-order valence-corrected chi connectivity index (χ1v) is 6.78. The molecule has 0 saturated carbocycles. The van der Waals surface area contributed by atoms with E-state index >= 15 is 0 Å². The van der Waals surface area contributed by atoms with E-state index in [0.29, 0.717) is 6.61 Å². The van der Waals surface area contributed by atoms with Crippen molar-refractivity contribution in [1.82, 2.24) is 19.9 Å². The standard InChI is InChI=1S/C12H18N4OS/c1-10-15-11(9-18-10)8-16-5-3-14-12(16)7-13-4-6-17-2/h3,5,9,13H,4,6-8H2,1-2H3. The summed E-state index contributed by atoms with van der Waals surface area (Å²) in [4.78, 5) is 8.82. The minimum atomic E-state index is 0.714. The van der Waals surface area contributed by atoms with Gasteiger partial charge >= 0.3 is 0 Å². The van der Waals surface area contributed by atoms with Gasteiger partial charge in [-0.1, -0.05) is 0 Å². The predicted molar refractivity (Wildman–Crippen MR) is 71.8 cm³/mol. The van der Waals surface area contributed by atoms with Crippen molar-refractivity contribution in [3.63, 3.8) is 0 Å². The maximum Gasteiger partial charge on any atom is 0.123 e. The molecule has 5 nitrogen and oxygen atoms in total. The van der Waals surface area contributed by atoms with Crippen molar-refractivity contribution in [2.75, 3.05) is 20.3 Å². The van der Waals surface area contributed by atoms with Gasteiger partial charge < -0.3 is 14.6 Å². The lowest BCUT2D eigenvalue weighted by Gasteiger charge is -2.07. The Morgan fingerprint density at radius 2 is 2.39 bits per heavy atom. The first-order chi connectivity index (χ1) is 8.79. The number of nitrogens with zero attached hydrogens (tertiary/aromatic N) is 3. The van der Waals surface area contributed by atoms with Crippen LogP contribution < -0.4 is 5.32 Å². The molecule has 2 heterocycles. The second-order valence-corrected chi connectivity index (χ2v) is 5.06.